The molecule has 0 fully saturated rings. The van der Waals surface area contributed by atoms with Gasteiger partial charge in [-0.15, -0.1) is 22.7 Å². The molecule has 0 saturated heterocycles. The van der Waals surface area contributed by atoms with Crippen molar-refractivity contribution in [3.8, 4) is 0 Å². The second-order valence-corrected chi connectivity index (χ2v) is 5.21. The van der Waals surface area contributed by atoms with Crippen LogP contribution in [0.4, 0.5) is 22.0 Å². The van der Waals surface area contributed by atoms with Crippen molar-refractivity contribution in [1.29, 1.82) is 0 Å². The fraction of sp³-hybridized carbons (Fsp3) is 0.200. The third-order valence-electron chi connectivity index (χ3n) is 2.17. The van der Waals surface area contributed by atoms with Crippen LogP contribution in [0, 0.1) is 0 Å². The number of carbonyl (C=O) groups excluding carboxylic acids is 1. The number of rotatable bonds is 3. The number of alkyl halides is 5. The molecule has 2 aromatic rings. The molecule has 0 aromatic carbocycles. The average Bonchev–Trinajstić information content (AvgIpc) is 2.98. The lowest BCUT2D eigenvalue weighted by Gasteiger charge is -2.18. The van der Waals surface area contributed by atoms with Crippen LogP contribution in [0.25, 0.3) is 0 Å². The number of halogens is 5. The topological polar surface area (TPSA) is 30.0 Å². The highest BCUT2D eigenvalue weighted by Gasteiger charge is 2.61. The number of hydrogen-bond donors (Lipinski definition) is 0. The smallest absolute Gasteiger partial charge is 0.287 e. The van der Waals surface area contributed by atoms with Gasteiger partial charge in [0, 0.05) is 0 Å². The molecular formula is C10H4F5NOS2. The Labute approximate surface area is 111 Å². The number of carbonyl (C=O) groups is 1. The molecule has 9 heteroatoms. The monoisotopic (exact) mass is 313 g/mol. The summed E-state index contributed by atoms with van der Waals surface area (Å²) in [7, 11) is 0. The molecule has 0 aliphatic heterocycles. The zero-order chi connectivity index (χ0) is 14.3. The van der Waals surface area contributed by atoms with Crippen molar-refractivity contribution >= 4 is 28.5 Å². The maximum absolute atomic E-state index is 13.2. The van der Waals surface area contributed by atoms with Crippen LogP contribution in [-0.2, 0) is 5.92 Å². The van der Waals surface area contributed by atoms with Crippen LogP contribution < -0.4 is 0 Å². The Balaban J connectivity index is 2.47. The van der Waals surface area contributed by atoms with E-state index in [1.807, 2.05) is 0 Å². The fourth-order valence-corrected chi connectivity index (χ4v) is 2.79. The molecule has 0 saturated carbocycles. The molecule has 0 radical (unpaired) electrons. The summed E-state index contributed by atoms with van der Waals surface area (Å²) in [5, 5.41) is 1.52. The summed E-state index contributed by atoms with van der Waals surface area (Å²) in [6.07, 6.45) is -5.79. The quantitative estimate of drug-likeness (QED) is 0.631. The van der Waals surface area contributed by atoms with E-state index in [0.29, 0.717) is 11.3 Å². The zero-order valence-electron chi connectivity index (χ0n) is 8.87. The Morgan fingerprint density at radius 1 is 1.16 bits per heavy atom. The third-order valence-corrected chi connectivity index (χ3v) is 3.87. The van der Waals surface area contributed by atoms with Gasteiger partial charge in [-0.2, -0.15) is 22.0 Å². The maximum atomic E-state index is 13.2. The summed E-state index contributed by atoms with van der Waals surface area (Å²) in [6.45, 7) is 0. The van der Waals surface area contributed by atoms with Crippen LogP contribution >= 0.6 is 22.7 Å². The number of ketones is 1. The molecule has 0 aliphatic rings. The number of thiophene rings is 1. The highest BCUT2D eigenvalue weighted by atomic mass is 32.1. The van der Waals surface area contributed by atoms with Gasteiger partial charge in [0.1, 0.15) is 10.6 Å². The Morgan fingerprint density at radius 3 is 2.37 bits per heavy atom. The van der Waals surface area contributed by atoms with Gasteiger partial charge in [0.25, 0.3) is 0 Å². The first-order valence-electron chi connectivity index (χ1n) is 4.72. The number of aromatic nitrogens is 1. The predicted molar refractivity (Wildman–Crippen MR) is 59.8 cm³/mol. The molecule has 2 rings (SSSR count). The van der Waals surface area contributed by atoms with Gasteiger partial charge in [-0.25, -0.2) is 4.98 Å². The zero-order valence-corrected chi connectivity index (χ0v) is 10.5. The van der Waals surface area contributed by atoms with E-state index >= 15 is 0 Å². The SMILES string of the molecule is O=C(c1cccs1)c1scnc1C(F)(F)C(F)(F)F. The number of hydrogen-bond acceptors (Lipinski definition) is 4. The van der Waals surface area contributed by atoms with Crippen molar-refractivity contribution in [3.05, 3.63) is 38.5 Å². The predicted octanol–water partition coefficient (Wildman–Crippen LogP) is 4.09. The highest BCUT2D eigenvalue weighted by molar-refractivity contribution is 7.15. The Morgan fingerprint density at radius 2 is 1.84 bits per heavy atom. The van der Waals surface area contributed by atoms with E-state index in [4.69, 9.17) is 0 Å². The van der Waals surface area contributed by atoms with Crippen LogP contribution in [0.3, 0.4) is 0 Å². The van der Waals surface area contributed by atoms with E-state index < -0.39 is 28.5 Å². The molecule has 0 N–H and O–H groups in total. The lowest BCUT2D eigenvalue weighted by molar-refractivity contribution is -0.290. The molecule has 0 aliphatic carbocycles. The van der Waals surface area contributed by atoms with Crippen molar-refractivity contribution in [2.24, 2.45) is 0 Å². The van der Waals surface area contributed by atoms with Crippen LogP contribution in [-0.4, -0.2) is 16.9 Å². The lowest BCUT2D eigenvalue weighted by Crippen LogP contribution is -2.35. The second-order valence-electron chi connectivity index (χ2n) is 3.41. The second kappa shape index (κ2) is 4.64. The van der Waals surface area contributed by atoms with Crippen LogP contribution in [0.2, 0.25) is 0 Å². The van der Waals surface area contributed by atoms with Crippen LogP contribution in [0.1, 0.15) is 20.2 Å². The molecule has 2 aromatic heterocycles. The van der Waals surface area contributed by atoms with Gasteiger partial charge in [0.2, 0.25) is 5.78 Å². The molecule has 2 nitrogen and oxygen atoms in total. The summed E-state index contributed by atoms with van der Waals surface area (Å²) in [5.74, 6) is -6.02. The molecule has 0 unspecified atom stereocenters. The van der Waals surface area contributed by atoms with E-state index in [2.05, 4.69) is 4.98 Å². The summed E-state index contributed by atoms with van der Waals surface area (Å²) in [5.41, 5.74) is -0.737. The molecule has 19 heavy (non-hydrogen) atoms. The van der Waals surface area contributed by atoms with E-state index in [9.17, 15) is 26.7 Å². The fourth-order valence-electron chi connectivity index (χ4n) is 1.28. The maximum Gasteiger partial charge on any atom is 0.459 e. The van der Waals surface area contributed by atoms with E-state index in [0.717, 1.165) is 16.8 Å². The molecule has 0 atom stereocenters. The van der Waals surface area contributed by atoms with Gasteiger partial charge in [-0.05, 0) is 11.4 Å². The normalized spacial score (nSPS) is 12.7. The first-order valence-corrected chi connectivity index (χ1v) is 6.48. The number of nitrogens with zero attached hydrogens (tertiary/aromatic N) is 1. The minimum atomic E-state index is -5.79. The molecular weight excluding hydrogens is 309 g/mol. The van der Waals surface area contributed by atoms with Gasteiger partial charge < -0.3 is 0 Å². The molecule has 2 heterocycles. The van der Waals surface area contributed by atoms with Gasteiger partial charge in [0.05, 0.1) is 10.4 Å². The number of thiazole rings is 1. The summed E-state index contributed by atoms with van der Waals surface area (Å²) < 4.78 is 63.3. The summed E-state index contributed by atoms with van der Waals surface area (Å²) >= 11 is 1.42. The highest BCUT2D eigenvalue weighted by Crippen LogP contribution is 2.45. The Hall–Kier alpha value is -1.35. The van der Waals surface area contributed by atoms with E-state index in [1.54, 1.807) is 0 Å². The van der Waals surface area contributed by atoms with Crippen LogP contribution in [0.15, 0.2) is 23.0 Å². The van der Waals surface area contributed by atoms with E-state index in [-0.39, 0.29) is 4.88 Å². The lowest BCUT2D eigenvalue weighted by atomic mass is 10.1. The van der Waals surface area contributed by atoms with Crippen molar-refractivity contribution in [3.63, 3.8) is 0 Å². The minimum Gasteiger partial charge on any atom is -0.287 e. The van der Waals surface area contributed by atoms with Gasteiger partial charge in [0.15, 0.2) is 0 Å². The first-order chi connectivity index (χ1) is 8.75. The summed E-state index contributed by atoms with van der Waals surface area (Å²) in [6, 6.07) is 2.85. The first kappa shape index (κ1) is 14.1. The van der Waals surface area contributed by atoms with Crippen molar-refractivity contribution < 1.29 is 26.7 Å². The standard InChI is InChI=1S/C10H4F5NOS2/c11-9(12,10(13,14)15)8-7(19-4-16-8)6(17)5-2-1-3-18-5/h1-4H. The van der Waals surface area contributed by atoms with Crippen molar-refractivity contribution in [2.75, 3.05) is 0 Å². The summed E-state index contributed by atoms with van der Waals surface area (Å²) in [4.78, 5) is 14.3. The Bertz CT molecular complexity index is 587. The van der Waals surface area contributed by atoms with Gasteiger partial charge in [-0.3, -0.25) is 4.79 Å². The minimum absolute atomic E-state index is 0.0866. The average molecular weight is 313 g/mol. The van der Waals surface area contributed by atoms with E-state index in [1.165, 1.54) is 17.5 Å². The molecule has 102 valence electrons. The molecule has 0 amide bonds. The third kappa shape index (κ3) is 2.39. The van der Waals surface area contributed by atoms with Crippen LogP contribution in [0.5, 0.6) is 0 Å². The largest absolute Gasteiger partial charge is 0.459 e. The Kier molecular flexibility index (Phi) is 3.43. The van der Waals surface area contributed by atoms with Crippen molar-refractivity contribution in [2.45, 2.75) is 12.1 Å². The molecule has 0 spiro atoms. The molecule has 0 bridgehead atoms. The van der Waals surface area contributed by atoms with Gasteiger partial charge in [-0.1, -0.05) is 6.07 Å². The van der Waals surface area contributed by atoms with Gasteiger partial charge >= 0.3 is 12.1 Å². The van der Waals surface area contributed by atoms with Crippen molar-refractivity contribution in [1.82, 2.24) is 4.98 Å².